The van der Waals surface area contributed by atoms with Crippen molar-refractivity contribution < 1.29 is 14.4 Å². The van der Waals surface area contributed by atoms with Crippen molar-refractivity contribution in [2.45, 2.75) is 19.3 Å². The number of rotatable bonds is 5. The van der Waals surface area contributed by atoms with Crippen molar-refractivity contribution in [1.82, 2.24) is 10.2 Å². The molecule has 2 rings (SSSR count). The van der Waals surface area contributed by atoms with Gasteiger partial charge < -0.3 is 15.5 Å². The summed E-state index contributed by atoms with van der Waals surface area (Å²) in [6, 6.07) is 6.79. The van der Waals surface area contributed by atoms with E-state index in [2.05, 4.69) is 10.6 Å². The van der Waals surface area contributed by atoms with Gasteiger partial charge in [0.15, 0.2) is 11.3 Å². The minimum Gasteiger partial charge on any atom is -0.341 e. The van der Waals surface area contributed by atoms with Crippen LogP contribution in [0, 0.1) is 0 Å². The average Bonchev–Trinajstić information content (AvgIpc) is 2.84. The molecule has 2 N–H and O–H groups in total. The Morgan fingerprint density at radius 1 is 1.23 bits per heavy atom. The smallest absolute Gasteiger partial charge is 0.221 e. The van der Waals surface area contributed by atoms with E-state index in [4.69, 9.17) is 0 Å². The maximum atomic E-state index is 12.4. The highest BCUT2D eigenvalue weighted by Gasteiger charge is 2.23. The zero-order valence-electron chi connectivity index (χ0n) is 12.3. The van der Waals surface area contributed by atoms with Crippen LogP contribution < -0.4 is 10.6 Å². The molecule has 116 valence electrons. The van der Waals surface area contributed by atoms with Gasteiger partial charge in [-0.3, -0.25) is 14.4 Å². The van der Waals surface area contributed by atoms with Gasteiger partial charge in [0.1, 0.15) is 0 Å². The third-order valence-electron chi connectivity index (χ3n) is 2.92. The molecule has 1 aliphatic rings. The highest BCUT2D eigenvalue weighted by Crippen LogP contribution is 2.23. The fourth-order valence-corrected chi connectivity index (χ4v) is 2.91. The van der Waals surface area contributed by atoms with Crippen molar-refractivity contribution in [3.05, 3.63) is 41.4 Å². The van der Waals surface area contributed by atoms with Crippen molar-refractivity contribution in [3.63, 3.8) is 0 Å². The summed E-state index contributed by atoms with van der Waals surface area (Å²) in [7, 11) is 0. The molecule has 22 heavy (non-hydrogen) atoms. The van der Waals surface area contributed by atoms with Gasteiger partial charge in [-0.2, -0.15) is 0 Å². The van der Waals surface area contributed by atoms with Gasteiger partial charge in [-0.15, -0.1) is 0 Å². The highest BCUT2D eigenvalue weighted by molar-refractivity contribution is 8.02. The molecule has 7 heteroatoms. The van der Waals surface area contributed by atoms with Crippen LogP contribution in [0.3, 0.4) is 0 Å². The van der Waals surface area contributed by atoms with Crippen LogP contribution in [-0.4, -0.2) is 34.5 Å². The van der Waals surface area contributed by atoms with Gasteiger partial charge in [0.05, 0.1) is 6.54 Å². The predicted molar refractivity (Wildman–Crippen MR) is 86.1 cm³/mol. The number of nitrogens with zero attached hydrogens (tertiary/aromatic N) is 1. The van der Waals surface area contributed by atoms with Crippen LogP contribution in [0.4, 0.5) is 5.69 Å². The van der Waals surface area contributed by atoms with E-state index in [0.717, 1.165) is 0 Å². The number of Topliss-reactive ketones (excluding diaryl/α,β-unsaturated/α-hetero) is 1. The Hall–Kier alpha value is -2.28. The Kier molecular flexibility index (Phi) is 5.21. The summed E-state index contributed by atoms with van der Waals surface area (Å²) < 4.78 is 0. The molecule has 0 saturated heterocycles. The molecule has 0 spiro atoms. The fourth-order valence-electron chi connectivity index (χ4n) is 2.00. The van der Waals surface area contributed by atoms with Crippen LogP contribution in [0.25, 0.3) is 0 Å². The number of carbonyl (C=O) groups excluding carboxylic acids is 3. The van der Waals surface area contributed by atoms with E-state index >= 15 is 0 Å². The molecule has 0 bridgehead atoms. The molecule has 0 aromatic heterocycles. The lowest BCUT2D eigenvalue weighted by atomic mass is 10.1. The topological polar surface area (TPSA) is 78.5 Å². The van der Waals surface area contributed by atoms with Crippen LogP contribution in [0.15, 0.2) is 35.9 Å². The van der Waals surface area contributed by atoms with E-state index in [9.17, 15) is 14.4 Å². The van der Waals surface area contributed by atoms with Gasteiger partial charge in [0, 0.05) is 31.3 Å². The predicted octanol–water partition coefficient (Wildman–Crippen LogP) is 1.77. The van der Waals surface area contributed by atoms with Gasteiger partial charge in [0.25, 0.3) is 0 Å². The SMILES string of the molecule is CC(=O)Nc1cccc(C(=O)CN2C=CSC2NC(C)=O)c1. The minimum atomic E-state index is -0.264. The standard InChI is InChI=1S/C15H17N3O3S/c1-10(19)16-13-5-3-4-12(8-13)14(21)9-18-6-7-22-15(18)17-11(2)20/h3-8,15H,9H2,1-2H3,(H,16,19)(H,17,20). The molecular weight excluding hydrogens is 302 g/mol. The van der Waals surface area contributed by atoms with E-state index in [1.807, 2.05) is 5.41 Å². The summed E-state index contributed by atoms with van der Waals surface area (Å²) >= 11 is 1.43. The molecule has 6 nitrogen and oxygen atoms in total. The number of hydrogen-bond acceptors (Lipinski definition) is 5. The Labute approximate surface area is 132 Å². The first kappa shape index (κ1) is 16.1. The summed E-state index contributed by atoms with van der Waals surface area (Å²) in [5.41, 5.74) is 0.834. The second-order valence-corrected chi connectivity index (χ2v) is 5.82. The Morgan fingerprint density at radius 2 is 2.00 bits per heavy atom. The largest absolute Gasteiger partial charge is 0.341 e. The number of anilines is 1. The van der Waals surface area contributed by atoms with Crippen LogP contribution in [0.5, 0.6) is 0 Å². The summed E-state index contributed by atoms with van der Waals surface area (Å²) in [6.07, 6.45) is 1.78. The van der Waals surface area contributed by atoms with E-state index < -0.39 is 0 Å². The first-order valence-corrected chi connectivity index (χ1v) is 7.66. The molecule has 1 atom stereocenters. The van der Waals surface area contributed by atoms with Crippen LogP contribution in [0.1, 0.15) is 24.2 Å². The number of amides is 2. The Bertz CT molecular complexity index is 630. The number of carbonyl (C=O) groups is 3. The Morgan fingerprint density at radius 3 is 2.68 bits per heavy atom. The third kappa shape index (κ3) is 4.36. The second-order valence-electron chi connectivity index (χ2n) is 4.83. The first-order chi connectivity index (χ1) is 10.5. The summed E-state index contributed by atoms with van der Waals surface area (Å²) in [5.74, 6) is -0.421. The highest BCUT2D eigenvalue weighted by atomic mass is 32.2. The van der Waals surface area contributed by atoms with Crippen LogP contribution in [0.2, 0.25) is 0 Å². The summed E-state index contributed by atoms with van der Waals surface area (Å²) in [4.78, 5) is 36.3. The lowest BCUT2D eigenvalue weighted by molar-refractivity contribution is -0.119. The van der Waals surface area contributed by atoms with Crippen molar-refractivity contribution >= 4 is 35.0 Å². The quantitative estimate of drug-likeness (QED) is 0.809. The minimum absolute atomic E-state index is 0.0882. The maximum absolute atomic E-state index is 12.4. The molecule has 0 fully saturated rings. The normalized spacial score (nSPS) is 16.5. The summed E-state index contributed by atoms with van der Waals surface area (Å²) in [5, 5.41) is 7.25. The van der Waals surface area contributed by atoms with Crippen molar-refractivity contribution in [3.8, 4) is 0 Å². The van der Waals surface area contributed by atoms with Gasteiger partial charge in [-0.1, -0.05) is 23.9 Å². The van der Waals surface area contributed by atoms with E-state index in [1.165, 1.54) is 25.6 Å². The molecule has 1 unspecified atom stereocenters. The molecule has 1 aromatic carbocycles. The molecule has 2 amide bonds. The van der Waals surface area contributed by atoms with E-state index in [-0.39, 0.29) is 29.6 Å². The molecule has 1 heterocycles. The number of ketones is 1. The maximum Gasteiger partial charge on any atom is 0.221 e. The van der Waals surface area contributed by atoms with Gasteiger partial charge in [-0.25, -0.2) is 0 Å². The number of hydrogen-bond donors (Lipinski definition) is 2. The molecule has 1 aliphatic heterocycles. The van der Waals surface area contributed by atoms with Gasteiger partial charge >= 0.3 is 0 Å². The zero-order valence-corrected chi connectivity index (χ0v) is 13.1. The van der Waals surface area contributed by atoms with Crippen LogP contribution >= 0.6 is 11.8 Å². The monoisotopic (exact) mass is 319 g/mol. The summed E-state index contributed by atoms with van der Waals surface area (Å²) in [6.45, 7) is 3.01. The lowest BCUT2D eigenvalue weighted by Gasteiger charge is -2.24. The van der Waals surface area contributed by atoms with Crippen molar-refractivity contribution in [2.75, 3.05) is 11.9 Å². The van der Waals surface area contributed by atoms with Gasteiger partial charge in [0.2, 0.25) is 11.8 Å². The molecule has 0 saturated carbocycles. The zero-order chi connectivity index (χ0) is 16.1. The van der Waals surface area contributed by atoms with E-state index in [0.29, 0.717) is 11.3 Å². The number of thioether (sulfide) groups is 1. The fraction of sp³-hybridized carbons (Fsp3) is 0.267. The molecule has 0 radical (unpaired) electrons. The van der Waals surface area contributed by atoms with E-state index in [1.54, 1.807) is 35.4 Å². The molecular formula is C15H17N3O3S. The van der Waals surface area contributed by atoms with Crippen molar-refractivity contribution in [2.24, 2.45) is 0 Å². The second kappa shape index (κ2) is 7.13. The van der Waals surface area contributed by atoms with Gasteiger partial charge in [-0.05, 0) is 17.5 Å². The first-order valence-electron chi connectivity index (χ1n) is 6.71. The lowest BCUT2D eigenvalue weighted by Crippen LogP contribution is -2.42. The molecule has 1 aromatic rings. The molecule has 0 aliphatic carbocycles. The third-order valence-corrected chi connectivity index (χ3v) is 3.84. The average molecular weight is 319 g/mol. The Balaban J connectivity index is 2.04. The van der Waals surface area contributed by atoms with Crippen LogP contribution in [-0.2, 0) is 9.59 Å². The van der Waals surface area contributed by atoms with Crippen molar-refractivity contribution in [1.29, 1.82) is 0 Å². The number of benzene rings is 1. The number of nitrogens with one attached hydrogen (secondary N) is 2.